The van der Waals surface area contributed by atoms with Gasteiger partial charge >= 0.3 is 6.18 Å². The van der Waals surface area contributed by atoms with Crippen LogP contribution in [0.3, 0.4) is 0 Å². The number of alkyl halides is 3. The van der Waals surface area contributed by atoms with Crippen LogP contribution in [0.15, 0.2) is 70.5 Å². The van der Waals surface area contributed by atoms with Crippen LogP contribution < -0.4 is 0 Å². The van der Waals surface area contributed by atoms with Crippen molar-refractivity contribution in [2.75, 3.05) is 0 Å². The Labute approximate surface area is 139 Å². The molecule has 0 saturated carbocycles. The van der Waals surface area contributed by atoms with E-state index in [0.29, 0.717) is 5.02 Å². The number of halogens is 4. The molecule has 0 radical (unpaired) electrons. The molecule has 0 bridgehead atoms. The van der Waals surface area contributed by atoms with Crippen molar-refractivity contribution in [3.63, 3.8) is 0 Å². The molecule has 2 rings (SSSR count). The number of rotatable bonds is 4. The van der Waals surface area contributed by atoms with Crippen molar-refractivity contribution in [3.05, 3.63) is 70.9 Å². The van der Waals surface area contributed by atoms with E-state index in [4.69, 9.17) is 11.6 Å². The molecule has 2 aromatic carbocycles. The number of aliphatic hydroxyl groups excluding tert-OH is 1. The predicted octanol–water partition coefficient (Wildman–Crippen LogP) is 5.48. The van der Waals surface area contributed by atoms with Crippen molar-refractivity contribution < 1.29 is 23.1 Å². The third kappa shape index (κ3) is 4.42. The number of hydrogen-bond donors (Lipinski definition) is 1. The number of benzene rings is 2. The number of carbonyl (C=O) groups excluding carboxylic acids is 1. The maximum absolute atomic E-state index is 12.7. The van der Waals surface area contributed by atoms with E-state index in [1.165, 1.54) is 48.5 Å². The molecule has 0 spiro atoms. The van der Waals surface area contributed by atoms with E-state index < -0.39 is 23.4 Å². The molecular weight excluding hydrogens is 345 g/mol. The fourth-order valence-electron chi connectivity index (χ4n) is 1.68. The summed E-state index contributed by atoms with van der Waals surface area (Å²) in [7, 11) is 0. The van der Waals surface area contributed by atoms with E-state index in [9.17, 15) is 23.1 Å². The molecule has 0 atom stereocenters. The van der Waals surface area contributed by atoms with Crippen molar-refractivity contribution in [2.24, 2.45) is 10.2 Å². The average molecular weight is 355 g/mol. The van der Waals surface area contributed by atoms with Gasteiger partial charge in [0.25, 0.3) is 5.78 Å². The Morgan fingerprint density at radius 1 is 1.00 bits per heavy atom. The number of allylic oxidation sites excluding steroid dienone is 1. The van der Waals surface area contributed by atoms with Gasteiger partial charge < -0.3 is 5.11 Å². The van der Waals surface area contributed by atoms with Crippen molar-refractivity contribution in [2.45, 2.75) is 6.18 Å². The van der Waals surface area contributed by atoms with Gasteiger partial charge in [-0.1, -0.05) is 41.9 Å². The maximum Gasteiger partial charge on any atom is 0.456 e. The lowest BCUT2D eigenvalue weighted by Crippen LogP contribution is -2.24. The van der Waals surface area contributed by atoms with E-state index in [1.54, 1.807) is 6.07 Å². The van der Waals surface area contributed by atoms with Gasteiger partial charge in [-0.15, -0.1) is 5.11 Å². The molecule has 0 aromatic heterocycles. The molecule has 0 unspecified atom stereocenters. The first kappa shape index (κ1) is 17.7. The third-order valence-corrected chi connectivity index (χ3v) is 3.09. The normalized spacial score (nSPS) is 13.0. The summed E-state index contributed by atoms with van der Waals surface area (Å²) in [6, 6.07) is 13.0. The molecule has 24 heavy (non-hydrogen) atoms. The zero-order valence-corrected chi connectivity index (χ0v) is 12.7. The van der Waals surface area contributed by atoms with Crippen molar-refractivity contribution in [1.82, 2.24) is 0 Å². The van der Waals surface area contributed by atoms with Crippen LogP contribution in [0.2, 0.25) is 5.02 Å². The molecule has 0 aliphatic heterocycles. The van der Waals surface area contributed by atoms with Crippen LogP contribution in [-0.4, -0.2) is 17.1 Å². The van der Waals surface area contributed by atoms with Gasteiger partial charge in [0.15, 0.2) is 11.5 Å². The second-order valence-electron chi connectivity index (χ2n) is 4.57. The summed E-state index contributed by atoms with van der Waals surface area (Å²) in [6.07, 6.45) is -5.20. The molecule has 0 amide bonds. The summed E-state index contributed by atoms with van der Waals surface area (Å²) in [5.74, 6) is -3.20. The molecule has 0 aliphatic rings. The Kier molecular flexibility index (Phi) is 5.35. The van der Waals surface area contributed by atoms with Crippen molar-refractivity contribution in [3.8, 4) is 0 Å². The highest BCUT2D eigenvalue weighted by Gasteiger charge is 2.43. The molecule has 8 heteroatoms. The van der Waals surface area contributed by atoms with Gasteiger partial charge in [-0.3, -0.25) is 4.79 Å². The molecule has 124 valence electrons. The molecule has 4 nitrogen and oxygen atoms in total. The monoisotopic (exact) mass is 354 g/mol. The number of nitrogens with zero attached hydrogens (tertiary/aromatic N) is 2. The van der Waals surface area contributed by atoms with Gasteiger partial charge in [0, 0.05) is 10.6 Å². The quantitative estimate of drug-likeness (QED) is 0.449. The second-order valence-corrected chi connectivity index (χ2v) is 5.00. The van der Waals surface area contributed by atoms with E-state index in [-0.39, 0.29) is 11.3 Å². The molecule has 0 aliphatic carbocycles. The SMILES string of the molecule is O=C(/C(N=Nc1ccc(Cl)cc1)=C(\O)c1ccccc1)C(F)(F)F. The average Bonchev–Trinajstić information content (AvgIpc) is 2.56. The summed E-state index contributed by atoms with van der Waals surface area (Å²) in [6.45, 7) is 0. The highest BCUT2D eigenvalue weighted by Crippen LogP contribution is 2.28. The minimum absolute atomic E-state index is 0.0140. The lowest BCUT2D eigenvalue weighted by molar-refractivity contribution is -0.166. The first-order chi connectivity index (χ1) is 11.3. The Morgan fingerprint density at radius 2 is 1.58 bits per heavy atom. The zero-order chi connectivity index (χ0) is 17.7. The van der Waals surface area contributed by atoms with Crippen LogP contribution in [0.4, 0.5) is 18.9 Å². The summed E-state index contributed by atoms with van der Waals surface area (Å²) in [5.41, 5.74) is -1.00. The smallest absolute Gasteiger partial charge is 0.456 e. The lowest BCUT2D eigenvalue weighted by Gasteiger charge is -2.08. The Morgan fingerprint density at radius 3 is 2.12 bits per heavy atom. The summed E-state index contributed by atoms with van der Waals surface area (Å²) in [4.78, 5) is 11.5. The Hall–Kier alpha value is -2.67. The third-order valence-electron chi connectivity index (χ3n) is 2.84. The summed E-state index contributed by atoms with van der Waals surface area (Å²) in [5, 5.41) is 17.3. The number of Topliss-reactive ketones (excluding diaryl/α,β-unsaturated/α-hetero) is 1. The second kappa shape index (κ2) is 7.27. The lowest BCUT2D eigenvalue weighted by atomic mass is 10.1. The zero-order valence-electron chi connectivity index (χ0n) is 12.0. The number of azo groups is 1. The molecule has 0 saturated heterocycles. The molecule has 1 N–H and O–H groups in total. The van der Waals surface area contributed by atoms with Gasteiger partial charge in [-0.2, -0.15) is 18.3 Å². The van der Waals surface area contributed by atoms with Gasteiger partial charge in [0.2, 0.25) is 0 Å². The van der Waals surface area contributed by atoms with Gasteiger partial charge in [-0.25, -0.2) is 0 Å². The number of carbonyl (C=O) groups is 1. The largest absolute Gasteiger partial charge is 0.505 e. The molecule has 0 heterocycles. The summed E-state index contributed by atoms with van der Waals surface area (Å²) >= 11 is 5.69. The minimum atomic E-state index is -5.20. The van der Waals surface area contributed by atoms with Crippen LogP contribution in [0.5, 0.6) is 0 Å². The number of ketones is 1. The van der Waals surface area contributed by atoms with Crippen LogP contribution in [0, 0.1) is 0 Å². The molecule has 2 aromatic rings. The van der Waals surface area contributed by atoms with E-state index in [2.05, 4.69) is 10.2 Å². The Bertz CT molecular complexity index is 785. The van der Waals surface area contributed by atoms with Crippen LogP contribution in [0.1, 0.15) is 5.56 Å². The standard InChI is InChI=1S/C16H10ClF3N2O2/c17-11-6-8-12(9-7-11)21-22-13(15(24)16(18,19)20)14(23)10-4-2-1-3-5-10/h1-9,23H/b14-13+,22-21?. The van der Waals surface area contributed by atoms with Gasteiger partial charge in [-0.05, 0) is 24.3 Å². The minimum Gasteiger partial charge on any atom is -0.505 e. The Balaban J connectivity index is 2.47. The van der Waals surface area contributed by atoms with Crippen LogP contribution >= 0.6 is 11.6 Å². The predicted molar refractivity (Wildman–Crippen MR) is 83.0 cm³/mol. The highest BCUT2D eigenvalue weighted by atomic mass is 35.5. The van der Waals surface area contributed by atoms with Gasteiger partial charge in [0.05, 0.1) is 5.69 Å². The number of aliphatic hydroxyl groups is 1. The van der Waals surface area contributed by atoms with Crippen LogP contribution in [-0.2, 0) is 4.79 Å². The fraction of sp³-hybridized carbons (Fsp3) is 0.0625. The molecule has 0 fully saturated rings. The summed E-state index contributed by atoms with van der Waals surface area (Å²) < 4.78 is 38.2. The first-order valence-electron chi connectivity index (χ1n) is 6.56. The van der Waals surface area contributed by atoms with Gasteiger partial charge in [0.1, 0.15) is 0 Å². The first-order valence-corrected chi connectivity index (χ1v) is 6.94. The van der Waals surface area contributed by atoms with Crippen molar-refractivity contribution >= 4 is 28.8 Å². The highest BCUT2D eigenvalue weighted by molar-refractivity contribution is 6.30. The molecular formula is C16H10ClF3N2O2. The maximum atomic E-state index is 12.7. The van der Waals surface area contributed by atoms with Crippen LogP contribution in [0.25, 0.3) is 5.76 Å². The fourth-order valence-corrected chi connectivity index (χ4v) is 1.81. The van der Waals surface area contributed by atoms with E-state index >= 15 is 0 Å². The topological polar surface area (TPSA) is 62.0 Å². The number of hydrogen-bond acceptors (Lipinski definition) is 4. The van der Waals surface area contributed by atoms with E-state index in [1.807, 2.05) is 0 Å². The van der Waals surface area contributed by atoms with E-state index in [0.717, 1.165) is 0 Å². The van der Waals surface area contributed by atoms with Crippen molar-refractivity contribution in [1.29, 1.82) is 0 Å².